The molecule has 1 aromatic carbocycles. The standard InChI is InChI=1S/C9H7BrF3NO2/c1-16-6-3-4(9(11,12)13)2-5(10)7(6)8(14)15/h2-3H,1H3,(H2,14,15). The second-order valence-electron chi connectivity index (χ2n) is 2.90. The van der Waals surface area contributed by atoms with Crippen LogP contribution in [0.25, 0.3) is 0 Å². The van der Waals surface area contributed by atoms with Crippen molar-refractivity contribution in [1.29, 1.82) is 0 Å². The number of halogens is 4. The number of alkyl halides is 3. The average Bonchev–Trinajstić information content (AvgIpc) is 2.14. The van der Waals surface area contributed by atoms with Crippen LogP contribution in [0.5, 0.6) is 5.75 Å². The summed E-state index contributed by atoms with van der Waals surface area (Å²) in [4.78, 5) is 11.0. The Morgan fingerprint density at radius 3 is 2.38 bits per heavy atom. The molecule has 0 fully saturated rings. The van der Waals surface area contributed by atoms with Gasteiger partial charge in [-0.2, -0.15) is 13.2 Å². The number of carbonyl (C=O) groups is 1. The summed E-state index contributed by atoms with van der Waals surface area (Å²) in [5, 5.41) is 0. The van der Waals surface area contributed by atoms with E-state index in [4.69, 9.17) is 10.5 Å². The van der Waals surface area contributed by atoms with Crippen LogP contribution in [0.3, 0.4) is 0 Å². The number of ether oxygens (including phenoxy) is 1. The van der Waals surface area contributed by atoms with Gasteiger partial charge in [0.25, 0.3) is 5.91 Å². The Bertz CT molecular complexity index is 431. The molecule has 88 valence electrons. The van der Waals surface area contributed by atoms with Crippen LogP contribution in [0.1, 0.15) is 15.9 Å². The number of benzene rings is 1. The first-order valence-corrected chi connectivity index (χ1v) is 4.81. The van der Waals surface area contributed by atoms with Crippen molar-refractivity contribution in [3.63, 3.8) is 0 Å². The van der Waals surface area contributed by atoms with Crippen LogP contribution in [-0.4, -0.2) is 13.0 Å². The predicted molar refractivity (Wildman–Crippen MR) is 54.2 cm³/mol. The highest BCUT2D eigenvalue weighted by atomic mass is 79.9. The Labute approximate surface area is 97.5 Å². The van der Waals surface area contributed by atoms with Gasteiger partial charge in [0.1, 0.15) is 5.75 Å². The first-order chi connectivity index (χ1) is 7.27. The van der Waals surface area contributed by atoms with Crippen molar-refractivity contribution in [2.24, 2.45) is 5.73 Å². The third kappa shape index (κ3) is 2.46. The molecule has 0 saturated carbocycles. The molecule has 0 spiro atoms. The number of hydrogen-bond acceptors (Lipinski definition) is 2. The summed E-state index contributed by atoms with van der Waals surface area (Å²) in [6.45, 7) is 0. The molecule has 0 bridgehead atoms. The van der Waals surface area contributed by atoms with Gasteiger partial charge in [0.2, 0.25) is 0 Å². The molecule has 0 heterocycles. The third-order valence-corrected chi connectivity index (χ3v) is 2.47. The van der Waals surface area contributed by atoms with Gasteiger partial charge in [-0.15, -0.1) is 0 Å². The van der Waals surface area contributed by atoms with Crippen molar-refractivity contribution in [3.05, 3.63) is 27.7 Å². The molecular formula is C9H7BrF3NO2. The van der Waals surface area contributed by atoms with E-state index < -0.39 is 17.6 Å². The summed E-state index contributed by atoms with van der Waals surface area (Å²) in [5.41, 5.74) is 3.99. The average molecular weight is 298 g/mol. The number of amides is 1. The zero-order valence-corrected chi connectivity index (χ0v) is 9.65. The summed E-state index contributed by atoms with van der Waals surface area (Å²) < 4.78 is 41.9. The monoisotopic (exact) mass is 297 g/mol. The molecule has 1 rings (SSSR count). The number of rotatable bonds is 2. The maximum atomic E-state index is 12.4. The minimum Gasteiger partial charge on any atom is -0.496 e. The maximum Gasteiger partial charge on any atom is 0.416 e. The van der Waals surface area contributed by atoms with E-state index in [1.54, 1.807) is 0 Å². The van der Waals surface area contributed by atoms with Gasteiger partial charge in [-0.3, -0.25) is 4.79 Å². The third-order valence-electron chi connectivity index (χ3n) is 1.85. The van der Waals surface area contributed by atoms with Crippen LogP contribution in [0.4, 0.5) is 13.2 Å². The van der Waals surface area contributed by atoms with Crippen LogP contribution >= 0.6 is 15.9 Å². The van der Waals surface area contributed by atoms with E-state index >= 15 is 0 Å². The zero-order valence-electron chi connectivity index (χ0n) is 8.06. The number of nitrogens with two attached hydrogens (primary N) is 1. The lowest BCUT2D eigenvalue weighted by molar-refractivity contribution is -0.137. The minimum absolute atomic E-state index is 0.0494. The highest BCUT2D eigenvalue weighted by Crippen LogP contribution is 2.36. The molecule has 0 saturated heterocycles. The summed E-state index contributed by atoms with van der Waals surface area (Å²) in [5.74, 6) is -1.08. The van der Waals surface area contributed by atoms with Crippen molar-refractivity contribution < 1.29 is 22.7 Å². The van der Waals surface area contributed by atoms with Gasteiger partial charge < -0.3 is 10.5 Å². The van der Waals surface area contributed by atoms with Gasteiger partial charge in [0.15, 0.2) is 0 Å². The summed E-state index contributed by atoms with van der Waals surface area (Å²) in [6, 6.07) is 1.51. The van der Waals surface area contributed by atoms with E-state index in [0.717, 1.165) is 19.2 Å². The Balaban J connectivity index is 3.44. The van der Waals surface area contributed by atoms with E-state index in [9.17, 15) is 18.0 Å². The molecule has 1 amide bonds. The lowest BCUT2D eigenvalue weighted by Crippen LogP contribution is -2.15. The van der Waals surface area contributed by atoms with Crippen LogP contribution < -0.4 is 10.5 Å². The molecule has 1 aromatic rings. The molecule has 0 radical (unpaired) electrons. The molecule has 16 heavy (non-hydrogen) atoms. The summed E-state index contributed by atoms with van der Waals surface area (Å²) in [7, 11) is 1.16. The summed E-state index contributed by atoms with van der Waals surface area (Å²) in [6.07, 6.45) is -4.51. The molecule has 0 unspecified atom stereocenters. The van der Waals surface area contributed by atoms with Crippen molar-refractivity contribution >= 4 is 21.8 Å². The Hall–Kier alpha value is -1.24. The van der Waals surface area contributed by atoms with Crippen molar-refractivity contribution in [2.75, 3.05) is 7.11 Å². The Kier molecular flexibility index (Phi) is 3.47. The number of hydrogen-bond donors (Lipinski definition) is 1. The predicted octanol–water partition coefficient (Wildman–Crippen LogP) is 2.58. The quantitative estimate of drug-likeness (QED) is 0.912. The van der Waals surface area contributed by atoms with Gasteiger partial charge in [0, 0.05) is 4.47 Å². The summed E-state index contributed by atoms with van der Waals surface area (Å²) >= 11 is 2.85. The minimum atomic E-state index is -4.51. The van der Waals surface area contributed by atoms with Crippen LogP contribution in [0.2, 0.25) is 0 Å². The van der Waals surface area contributed by atoms with Crippen molar-refractivity contribution in [2.45, 2.75) is 6.18 Å². The fourth-order valence-corrected chi connectivity index (χ4v) is 1.78. The molecule has 0 aliphatic carbocycles. The molecule has 7 heteroatoms. The van der Waals surface area contributed by atoms with E-state index in [1.165, 1.54) is 0 Å². The van der Waals surface area contributed by atoms with Crippen molar-refractivity contribution in [1.82, 2.24) is 0 Å². The van der Waals surface area contributed by atoms with Crippen molar-refractivity contribution in [3.8, 4) is 5.75 Å². The zero-order chi connectivity index (χ0) is 12.5. The Morgan fingerprint density at radius 2 is 2.00 bits per heavy atom. The second-order valence-corrected chi connectivity index (χ2v) is 3.75. The molecule has 0 atom stereocenters. The van der Waals surface area contributed by atoms with Crippen LogP contribution in [0.15, 0.2) is 16.6 Å². The topological polar surface area (TPSA) is 52.3 Å². The van der Waals surface area contributed by atoms with Gasteiger partial charge in [-0.25, -0.2) is 0 Å². The number of primary amides is 1. The van der Waals surface area contributed by atoms with E-state index in [1.807, 2.05) is 0 Å². The van der Waals surface area contributed by atoms with E-state index in [-0.39, 0.29) is 15.8 Å². The molecule has 0 aliphatic rings. The second kappa shape index (κ2) is 4.32. The van der Waals surface area contributed by atoms with E-state index in [2.05, 4.69) is 15.9 Å². The van der Waals surface area contributed by atoms with Gasteiger partial charge >= 0.3 is 6.18 Å². The van der Waals surface area contributed by atoms with Gasteiger partial charge in [-0.05, 0) is 28.1 Å². The van der Waals surface area contributed by atoms with Crippen LogP contribution in [0, 0.1) is 0 Å². The smallest absolute Gasteiger partial charge is 0.416 e. The normalized spacial score (nSPS) is 11.3. The highest BCUT2D eigenvalue weighted by molar-refractivity contribution is 9.10. The first-order valence-electron chi connectivity index (χ1n) is 4.02. The molecule has 0 aromatic heterocycles. The van der Waals surface area contributed by atoms with E-state index in [0.29, 0.717) is 0 Å². The SMILES string of the molecule is COc1cc(C(F)(F)F)cc(Br)c1C(N)=O. The molecule has 2 N–H and O–H groups in total. The first kappa shape index (κ1) is 12.8. The maximum absolute atomic E-state index is 12.4. The molecule has 3 nitrogen and oxygen atoms in total. The van der Waals surface area contributed by atoms with Gasteiger partial charge in [-0.1, -0.05) is 0 Å². The largest absolute Gasteiger partial charge is 0.496 e. The molecule has 0 aliphatic heterocycles. The fourth-order valence-electron chi connectivity index (χ4n) is 1.15. The Morgan fingerprint density at radius 1 is 1.44 bits per heavy atom. The van der Waals surface area contributed by atoms with Crippen LogP contribution in [-0.2, 0) is 6.18 Å². The highest BCUT2D eigenvalue weighted by Gasteiger charge is 2.32. The fraction of sp³-hybridized carbons (Fsp3) is 0.222. The lowest BCUT2D eigenvalue weighted by atomic mass is 10.1. The lowest BCUT2D eigenvalue weighted by Gasteiger charge is -2.12. The number of methoxy groups -OCH3 is 1. The number of carbonyl (C=O) groups excluding carboxylic acids is 1. The molecular weight excluding hydrogens is 291 g/mol. The van der Waals surface area contributed by atoms with Gasteiger partial charge in [0.05, 0.1) is 18.2 Å².